The highest BCUT2D eigenvalue weighted by molar-refractivity contribution is 5.76. The van der Waals surface area contributed by atoms with E-state index >= 15 is 0 Å². The van der Waals surface area contributed by atoms with E-state index in [-0.39, 0.29) is 11.9 Å². The fourth-order valence-electron chi connectivity index (χ4n) is 3.35. The van der Waals surface area contributed by atoms with Crippen LogP contribution >= 0.6 is 0 Å². The first-order valence-electron chi connectivity index (χ1n) is 9.05. The molecule has 1 fully saturated rings. The van der Waals surface area contributed by atoms with Crippen LogP contribution in [-0.4, -0.2) is 48.8 Å². The molecule has 0 N–H and O–H groups in total. The van der Waals surface area contributed by atoms with Gasteiger partial charge in [0, 0.05) is 32.4 Å². The molecule has 2 aromatic heterocycles. The number of aromatic nitrogens is 5. The third-order valence-electron chi connectivity index (χ3n) is 4.61. The van der Waals surface area contributed by atoms with Crippen LogP contribution in [0.15, 0.2) is 4.52 Å². The van der Waals surface area contributed by atoms with Crippen LogP contribution in [0, 0.1) is 13.8 Å². The quantitative estimate of drug-likeness (QED) is 0.795. The number of aryl methyl sites for hydroxylation is 4. The second-order valence-electron chi connectivity index (χ2n) is 6.60. The Hall–Kier alpha value is -2.25. The van der Waals surface area contributed by atoms with E-state index in [2.05, 4.69) is 20.2 Å². The average molecular weight is 346 g/mol. The van der Waals surface area contributed by atoms with Gasteiger partial charge in [-0.25, -0.2) is 9.67 Å². The van der Waals surface area contributed by atoms with Crippen molar-refractivity contribution in [1.29, 1.82) is 0 Å². The summed E-state index contributed by atoms with van der Waals surface area (Å²) in [7, 11) is 0. The van der Waals surface area contributed by atoms with Crippen LogP contribution in [-0.2, 0) is 17.6 Å². The molecule has 0 saturated carbocycles. The number of rotatable bonds is 6. The smallest absolute Gasteiger partial charge is 0.226 e. The molecule has 0 radical (unpaired) electrons. The summed E-state index contributed by atoms with van der Waals surface area (Å²) in [4.78, 5) is 23.1. The molecule has 0 unspecified atom stereocenters. The van der Waals surface area contributed by atoms with Crippen molar-refractivity contribution < 1.29 is 9.32 Å². The van der Waals surface area contributed by atoms with Gasteiger partial charge in [0.2, 0.25) is 11.8 Å². The third-order valence-corrected chi connectivity index (χ3v) is 4.61. The molecule has 0 spiro atoms. The zero-order valence-electron chi connectivity index (χ0n) is 15.2. The predicted molar refractivity (Wildman–Crippen MR) is 91.0 cm³/mol. The molecule has 25 heavy (non-hydrogen) atoms. The van der Waals surface area contributed by atoms with Crippen molar-refractivity contribution >= 4 is 5.91 Å². The van der Waals surface area contributed by atoms with Gasteiger partial charge in [0.15, 0.2) is 5.82 Å². The molecule has 8 nitrogen and oxygen atoms in total. The fourth-order valence-corrected chi connectivity index (χ4v) is 3.35. The van der Waals surface area contributed by atoms with Gasteiger partial charge < -0.3 is 9.42 Å². The molecule has 2 aromatic rings. The molecule has 0 aliphatic carbocycles. The first-order chi connectivity index (χ1) is 12.1. The monoisotopic (exact) mass is 346 g/mol. The standard InChI is InChI=1S/C17H26N6O2/c1-4-15-19-16(25-21-15)8-5-9-17(24)22-10-6-7-14(11-22)23-13(3)18-12(2)20-23/h14H,4-11H2,1-3H3/t14-/m0/s1. The maximum atomic E-state index is 12.5. The number of carbonyl (C=O) groups is 1. The normalized spacial score (nSPS) is 17.9. The summed E-state index contributed by atoms with van der Waals surface area (Å²) in [5.41, 5.74) is 0. The van der Waals surface area contributed by atoms with Crippen molar-refractivity contribution in [3.8, 4) is 0 Å². The highest BCUT2D eigenvalue weighted by Crippen LogP contribution is 2.23. The Morgan fingerprint density at radius 3 is 2.84 bits per heavy atom. The van der Waals surface area contributed by atoms with Gasteiger partial charge in [0.1, 0.15) is 11.6 Å². The molecule has 1 amide bonds. The molecule has 1 aliphatic rings. The number of hydrogen-bond donors (Lipinski definition) is 0. The van der Waals surface area contributed by atoms with E-state index in [4.69, 9.17) is 4.52 Å². The molecule has 1 atom stereocenters. The summed E-state index contributed by atoms with van der Waals surface area (Å²) in [6.45, 7) is 7.39. The number of nitrogens with zero attached hydrogens (tertiary/aromatic N) is 6. The summed E-state index contributed by atoms with van der Waals surface area (Å²) in [6, 6.07) is 0.224. The summed E-state index contributed by atoms with van der Waals surface area (Å²) in [5.74, 6) is 3.23. The summed E-state index contributed by atoms with van der Waals surface area (Å²) >= 11 is 0. The second kappa shape index (κ2) is 7.76. The van der Waals surface area contributed by atoms with Crippen molar-refractivity contribution in [3.63, 3.8) is 0 Å². The number of hydrogen-bond acceptors (Lipinski definition) is 6. The minimum Gasteiger partial charge on any atom is -0.341 e. The van der Waals surface area contributed by atoms with E-state index in [9.17, 15) is 4.79 Å². The Balaban J connectivity index is 1.50. The number of carbonyl (C=O) groups excluding carboxylic acids is 1. The number of amides is 1. The van der Waals surface area contributed by atoms with Gasteiger partial charge in [-0.15, -0.1) is 0 Å². The topological polar surface area (TPSA) is 89.9 Å². The first-order valence-corrected chi connectivity index (χ1v) is 9.05. The lowest BCUT2D eigenvalue weighted by atomic mass is 10.0. The van der Waals surface area contributed by atoms with Crippen LogP contribution in [0.2, 0.25) is 0 Å². The van der Waals surface area contributed by atoms with E-state index in [1.165, 1.54) is 0 Å². The van der Waals surface area contributed by atoms with Crippen molar-refractivity contribution in [2.45, 2.75) is 65.3 Å². The largest absolute Gasteiger partial charge is 0.341 e. The summed E-state index contributed by atoms with van der Waals surface area (Å²) in [6.07, 6.45) is 4.68. The second-order valence-corrected chi connectivity index (χ2v) is 6.60. The Bertz CT molecular complexity index is 723. The number of piperidine rings is 1. The number of likely N-dealkylation sites (tertiary alicyclic amines) is 1. The lowest BCUT2D eigenvalue weighted by molar-refractivity contribution is -0.133. The Morgan fingerprint density at radius 1 is 1.32 bits per heavy atom. The van der Waals surface area contributed by atoms with Gasteiger partial charge in [0.05, 0.1) is 6.04 Å². The molecule has 136 valence electrons. The molecule has 0 bridgehead atoms. The molecule has 8 heteroatoms. The maximum absolute atomic E-state index is 12.5. The van der Waals surface area contributed by atoms with Crippen LogP contribution in [0.25, 0.3) is 0 Å². The van der Waals surface area contributed by atoms with Gasteiger partial charge >= 0.3 is 0 Å². The molecule has 1 aliphatic heterocycles. The van der Waals surface area contributed by atoms with E-state index in [1.54, 1.807) is 0 Å². The van der Waals surface area contributed by atoms with Crippen LogP contribution in [0.4, 0.5) is 0 Å². The lowest BCUT2D eigenvalue weighted by Crippen LogP contribution is -2.41. The lowest BCUT2D eigenvalue weighted by Gasteiger charge is -2.33. The van der Waals surface area contributed by atoms with Gasteiger partial charge in [-0.2, -0.15) is 10.1 Å². The molecular formula is C17H26N6O2. The minimum atomic E-state index is 0.189. The zero-order chi connectivity index (χ0) is 17.8. The fraction of sp³-hybridized carbons (Fsp3) is 0.706. The van der Waals surface area contributed by atoms with Gasteiger partial charge in [0.25, 0.3) is 0 Å². The SMILES string of the molecule is CCc1noc(CCCC(=O)N2CCC[C@H](n3nc(C)nc3C)C2)n1. The summed E-state index contributed by atoms with van der Waals surface area (Å²) < 4.78 is 7.14. The van der Waals surface area contributed by atoms with Crippen molar-refractivity contribution in [2.75, 3.05) is 13.1 Å². The average Bonchev–Trinajstić information content (AvgIpc) is 3.20. The van der Waals surface area contributed by atoms with Crippen molar-refractivity contribution in [1.82, 2.24) is 29.8 Å². The van der Waals surface area contributed by atoms with Gasteiger partial charge in [-0.1, -0.05) is 12.1 Å². The Labute approximate surface area is 147 Å². The highest BCUT2D eigenvalue weighted by Gasteiger charge is 2.26. The van der Waals surface area contributed by atoms with Crippen LogP contribution < -0.4 is 0 Å². The Kier molecular flexibility index (Phi) is 5.45. The minimum absolute atomic E-state index is 0.189. The third kappa shape index (κ3) is 4.24. The molecule has 1 saturated heterocycles. The van der Waals surface area contributed by atoms with Crippen molar-refractivity contribution in [2.24, 2.45) is 0 Å². The molecular weight excluding hydrogens is 320 g/mol. The van der Waals surface area contributed by atoms with E-state index in [0.29, 0.717) is 25.3 Å². The van der Waals surface area contributed by atoms with Gasteiger partial charge in [-0.3, -0.25) is 4.79 Å². The predicted octanol–water partition coefficient (Wildman–Crippen LogP) is 2.03. The molecule has 0 aromatic carbocycles. The maximum Gasteiger partial charge on any atom is 0.226 e. The van der Waals surface area contributed by atoms with E-state index in [0.717, 1.165) is 49.7 Å². The van der Waals surface area contributed by atoms with Crippen LogP contribution in [0.5, 0.6) is 0 Å². The molecule has 3 heterocycles. The highest BCUT2D eigenvalue weighted by atomic mass is 16.5. The van der Waals surface area contributed by atoms with Crippen LogP contribution in [0.3, 0.4) is 0 Å². The molecule has 3 rings (SSSR count). The zero-order valence-corrected chi connectivity index (χ0v) is 15.2. The van der Waals surface area contributed by atoms with Gasteiger partial charge in [-0.05, 0) is 33.1 Å². The Morgan fingerprint density at radius 2 is 2.16 bits per heavy atom. The van der Waals surface area contributed by atoms with Crippen molar-refractivity contribution in [3.05, 3.63) is 23.4 Å². The van der Waals surface area contributed by atoms with E-state index in [1.807, 2.05) is 30.4 Å². The first kappa shape index (κ1) is 17.6. The van der Waals surface area contributed by atoms with Crippen LogP contribution in [0.1, 0.15) is 62.0 Å². The van der Waals surface area contributed by atoms with E-state index < -0.39 is 0 Å². The summed E-state index contributed by atoms with van der Waals surface area (Å²) in [5, 5.41) is 8.36.